The fourth-order valence-corrected chi connectivity index (χ4v) is 1.27. The topological polar surface area (TPSA) is 80.5 Å². The van der Waals surface area contributed by atoms with Crippen LogP contribution in [-0.2, 0) is 14.4 Å². The van der Waals surface area contributed by atoms with Crippen molar-refractivity contribution in [1.29, 1.82) is 0 Å². The summed E-state index contributed by atoms with van der Waals surface area (Å²) in [5.74, 6) is -0.888. The first-order valence-electron chi connectivity index (χ1n) is 4.23. The molecule has 0 aromatic rings. The molecule has 1 fully saturated rings. The molecule has 1 aliphatic rings. The minimum absolute atomic E-state index is 0.0531. The van der Waals surface area contributed by atoms with Gasteiger partial charge in [-0.15, -0.1) is 0 Å². The van der Waals surface area contributed by atoms with Gasteiger partial charge in [0.25, 0.3) is 0 Å². The zero-order valence-electron chi connectivity index (χ0n) is 7.28. The third-order valence-electron chi connectivity index (χ3n) is 1.97. The molecule has 0 saturated carbocycles. The number of amides is 3. The predicted molar refractivity (Wildman–Crippen MR) is 44.4 cm³/mol. The largest absolute Gasteiger partial charge is 0.370 e. The summed E-state index contributed by atoms with van der Waals surface area (Å²) in [5, 5.41) is 0. The minimum atomic E-state index is -0.494. The van der Waals surface area contributed by atoms with E-state index in [1.54, 1.807) is 0 Å². The highest BCUT2D eigenvalue weighted by molar-refractivity contribution is 5.97. The smallest absolute Gasteiger partial charge is 0.229 e. The van der Waals surface area contributed by atoms with Crippen molar-refractivity contribution in [2.75, 3.05) is 6.54 Å². The first-order valence-corrected chi connectivity index (χ1v) is 4.23. The van der Waals surface area contributed by atoms with E-state index >= 15 is 0 Å². The average molecular weight is 184 g/mol. The molecular weight excluding hydrogens is 172 g/mol. The summed E-state index contributed by atoms with van der Waals surface area (Å²) in [6.07, 6.45) is 1.46. The van der Waals surface area contributed by atoms with E-state index in [-0.39, 0.29) is 24.8 Å². The average Bonchev–Trinajstić information content (AvgIpc) is 2.03. The van der Waals surface area contributed by atoms with Crippen LogP contribution in [0.2, 0.25) is 0 Å². The van der Waals surface area contributed by atoms with Crippen LogP contribution >= 0.6 is 0 Å². The number of rotatable bonds is 3. The lowest BCUT2D eigenvalue weighted by molar-refractivity contribution is -0.148. The van der Waals surface area contributed by atoms with Gasteiger partial charge in [0.2, 0.25) is 17.7 Å². The van der Waals surface area contributed by atoms with Crippen LogP contribution in [0.25, 0.3) is 0 Å². The second kappa shape index (κ2) is 4.02. The summed E-state index contributed by atoms with van der Waals surface area (Å²) >= 11 is 0. The van der Waals surface area contributed by atoms with Gasteiger partial charge >= 0.3 is 0 Å². The Bertz CT molecular complexity index is 234. The number of imide groups is 1. The molecular formula is C8H12N2O3. The third-order valence-corrected chi connectivity index (χ3v) is 1.97. The molecule has 0 radical (unpaired) electrons. The van der Waals surface area contributed by atoms with Crippen molar-refractivity contribution in [3.8, 4) is 0 Å². The Morgan fingerprint density at radius 1 is 1.31 bits per heavy atom. The number of hydrogen-bond acceptors (Lipinski definition) is 3. The summed E-state index contributed by atoms with van der Waals surface area (Å²) in [6.45, 7) is 0.132. The maximum atomic E-state index is 11.2. The van der Waals surface area contributed by atoms with Crippen molar-refractivity contribution in [2.45, 2.75) is 25.7 Å². The van der Waals surface area contributed by atoms with Gasteiger partial charge in [0.15, 0.2) is 0 Å². The molecule has 0 aromatic heterocycles. The van der Waals surface area contributed by atoms with Gasteiger partial charge in [-0.1, -0.05) is 0 Å². The number of likely N-dealkylation sites (tertiary alicyclic amines) is 1. The van der Waals surface area contributed by atoms with Crippen LogP contribution in [-0.4, -0.2) is 29.2 Å². The maximum Gasteiger partial charge on any atom is 0.229 e. The van der Waals surface area contributed by atoms with Gasteiger partial charge in [-0.3, -0.25) is 19.3 Å². The molecule has 5 heteroatoms. The van der Waals surface area contributed by atoms with Gasteiger partial charge in [0, 0.05) is 25.8 Å². The lowest BCUT2D eigenvalue weighted by atomic mass is 10.1. The highest BCUT2D eigenvalue weighted by atomic mass is 16.2. The first-order chi connectivity index (χ1) is 6.11. The van der Waals surface area contributed by atoms with Crippen LogP contribution in [0.1, 0.15) is 25.7 Å². The maximum absolute atomic E-state index is 11.2. The molecule has 1 rings (SSSR count). The second-order valence-corrected chi connectivity index (χ2v) is 3.01. The Labute approximate surface area is 75.9 Å². The van der Waals surface area contributed by atoms with Crippen LogP contribution in [0.3, 0.4) is 0 Å². The molecule has 3 amide bonds. The van der Waals surface area contributed by atoms with Crippen LogP contribution in [0, 0.1) is 0 Å². The number of carbonyl (C=O) groups is 3. The van der Waals surface area contributed by atoms with E-state index in [4.69, 9.17) is 5.73 Å². The SMILES string of the molecule is NC(=O)CCN1C(=O)CCCC1=O. The van der Waals surface area contributed by atoms with E-state index in [0.717, 1.165) is 4.90 Å². The number of nitrogens with two attached hydrogens (primary N) is 1. The molecule has 1 aliphatic heterocycles. The molecule has 13 heavy (non-hydrogen) atoms. The number of nitrogens with zero attached hydrogens (tertiary/aromatic N) is 1. The van der Waals surface area contributed by atoms with Gasteiger partial charge in [-0.2, -0.15) is 0 Å². The zero-order valence-corrected chi connectivity index (χ0v) is 7.28. The van der Waals surface area contributed by atoms with Crippen molar-refractivity contribution >= 4 is 17.7 Å². The Morgan fingerprint density at radius 3 is 2.31 bits per heavy atom. The van der Waals surface area contributed by atoms with Crippen molar-refractivity contribution in [2.24, 2.45) is 5.73 Å². The van der Waals surface area contributed by atoms with Crippen LogP contribution in [0.15, 0.2) is 0 Å². The van der Waals surface area contributed by atoms with E-state index in [2.05, 4.69) is 0 Å². The summed E-state index contributed by atoms with van der Waals surface area (Å²) in [7, 11) is 0. The van der Waals surface area contributed by atoms with E-state index in [0.29, 0.717) is 19.3 Å². The summed E-state index contributed by atoms with van der Waals surface area (Å²) in [4.78, 5) is 33.9. The molecule has 2 N–H and O–H groups in total. The molecule has 72 valence electrons. The highest BCUT2D eigenvalue weighted by Gasteiger charge is 2.25. The fraction of sp³-hybridized carbons (Fsp3) is 0.625. The molecule has 0 aromatic carbocycles. The van der Waals surface area contributed by atoms with E-state index < -0.39 is 5.91 Å². The molecule has 0 aliphatic carbocycles. The normalized spacial score (nSPS) is 17.7. The van der Waals surface area contributed by atoms with Gasteiger partial charge in [-0.05, 0) is 6.42 Å². The minimum Gasteiger partial charge on any atom is -0.370 e. The number of primary amides is 1. The monoisotopic (exact) mass is 184 g/mol. The molecule has 1 saturated heterocycles. The summed E-state index contributed by atoms with van der Waals surface area (Å²) in [5.41, 5.74) is 4.91. The number of hydrogen-bond donors (Lipinski definition) is 1. The fourth-order valence-electron chi connectivity index (χ4n) is 1.27. The zero-order chi connectivity index (χ0) is 9.84. The summed E-state index contributed by atoms with van der Waals surface area (Å²) < 4.78 is 0. The Balaban J connectivity index is 2.49. The van der Waals surface area contributed by atoms with Crippen molar-refractivity contribution in [3.63, 3.8) is 0 Å². The van der Waals surface area contributed by atoms with Gasteiger partial charge < -0.3 is 5.73 Å². The third kappa shape index (κ3) is 2.54. The van der Waals surface area contributed by atoms with Crippen molar-refractivity contribution in [1.82, 2.24) is 4.90 Å². The van der Waals surface area contributed by atoms with E-state index in [1.807, 2.05) is 0 Å². The molecule has 5 nitrogen and oxygen atoms in total. The molecule has 0 bridgehead atoms. The van der Waals surface area contributed by atoms with Crippen molar-refractivity contribution in [3.05, 3.63) is 0 Å². The van der Waals surface area contributed by atoms with Gasteiger partial charge in [0.1, 0.15) is 0 Å². The van der Waals surface area contributed by atoms with Gasteiger partial charge in [-0.25, -0.2) is 0 Å². The standard InChI is InChI=1S/C8H12N2O3/c9-6(11)4-5-10-7(12)2-1-3-8(10)13/h1-5H2,(H2,9,11). The van der Waals surface area contributed by atoms with Gasteiger partial charge in [0.05, 0.1) is 0 Å². The molecule has 1 heterocycles. The van der Waals surface area contributed by atoms with Crippen LogP contribution in [0.4, 0.5) is 0 Å². The van der Waals surface area contributed by atoms with E-state index in [1.165, 1.54) is 0 Å². The lowest BCUT2D eigenvalue weighted by Crippen LogP contribution is -2.41. The first kappa shape index (κ1) is 9.70. The number of carbonyl (C=O) groups excluding carboxylic acids is 3. The Morgan fingerprint density at radius 2 is 1.85 bits per heavy atom. The number of piperidine rings is 1. The second-order valence-electron chi connectivity index (χ2n) is 3.01. The highest BCUT2D eigenvalue weighted by Crippen LogP contribution is 2.11. The Hall–Kier alpha value is -1.39. The molecule has 0 spiro atoms. The molecule has 0 atom stereocenters. The predicted octanol–water partition coefficient (Wildman–Crippen LogP) is -0.599. The molecule has 0 unspecified atom stereocenters. The lowest BCUT2D eigenvalue weighted by Gasteiger charge is -2.24. The quantitative estimate of drug-likeness (QED) is 0.595. The summed E-state index contributed by atoms with van der Waals surface area (Å²) in [6, 6.07) is 0. The van der Waals surface area contributed by atoms with Crippen LogP contribution < -0.4 is 5.73 Å². The van der Waals surface area contributed by atoms with Crippen molar-refractivity contribution < 1.29 is 14.4 Å². The van der Waals surface area contributed by atoms with Crippen LogP contribution in [0.5, 0.6) is 0 Å². The van der Waals surface area contributed by atoms with E-state index in [9.17, 15) is 14.4 Å². The Kier molecular flexibility index (Phi) is 3.00.